The highest BCUT2D eigenvalue weighted by Gasteiger charge is 2.12. The van der Waals surface area contributed by atoms with Crippen LogP contribution in [0.25, 0.3) is 0 Å². The molecule has 0 saturated carbocycles. The van der Waals surface area contributed by atoms with E-state index < -0.39 is 0 Å². The maximum Gasteiger partial charge on any atom is 0.257 e. The first-order chi connectivity index (χ1) is 13.6. The number of morpholine rings is 1. The van der Waals surface area contributed by atoms with Gasteiger partial charge in [0.25, 0.3) is 5.91 Å². The molecule has 0 radical (unpaired) electrons. The number of nitrogens with one attached hydrogen (secondary N) is 2. The number of aryl methyl sites for hydroxylation is 2. The fourth-order valence-electron chi connectivity index (χ4n) is 3.06. The third-order valence-corrected chi connectivity index (χ3v) is 4.58. The van der Waals surface area contributed by atoms with Crippen LogP contribution in [0.1, 0.15) is 21.5 Å². The van der Waals surface area contributed by atoms with Gasteiger partial charge in [-0.25, -0.2) is 0 Å². The minimum atomic E-state index is -0.172. The van der Waals surface area contributed by atoms with Crippen LogP contribution in [0.2, 0.25) is 0 Å². The predicted octanol–water partition coefficient (Wildman–Crippen LogP) is 2.83. The average molecular weight is 380 g/mol. The molecule has 2 aromatic carbocycles. The Morgan fingerprint density at radius 1 is 1.07 bits per heavy atom. The molecule has 1 fully saturated rings. The molecule has 1 aliphatic rings. The molecule has 1 saturated heterocycles. The lowest BCUT2D eigenvalue weighted by atomic mass is 10.1. The number of aliphatic imine (C=N–C) groups is 1. The van der Waals surface area contributed by atoms with Crippen molar-refractivity contribution in [3.63, 3.8) is 0 Å². The molecule has 2 N–H and O–H groups in total. The number of hydrogen-bond acceptors (Lipinski definition) is 4. The molecule has 3 rings (SSSR count). The van der Waals surface area contributed by atoms with Crippen molar-refractivity contribution in [1.29, 1.82) is 0 Å². The molecule has 0 spiro atoms. The summed E-state index contributed by atoms with van der Waals surface area (Å²) in [6, 6.07) is 15.5. The number of hydrogen-bond donors (Lipinski definition) is 2. The molecule has 1 aliphatic heterocycles. The molecule has 2 aromatic rings. The molecule has 28 heavy (non-hydrogen) atoms. The number of benzene rings is 2. The Balaban J connectivity index is 1.69. The zero-order chi connectivity index (χ0) is 19.8. The van der Waals surface area contributed by atoms with Gasteiger partial charge in [-0.2, -0.15) is 0 Å². The van der Waals surface area contributed by atoms with Gasteiger partial charge in [0.15, 0.2) is 0 Å². The van der Waals surface area contributed by atoms with E-state index in [9.17, 15) is 4.79 Å². The van der Waals surface area contributed by atoms with Crippen molar-refractivity contribution in [3.05, 3.63) is 65.2 Å². The van der Waals surface area contributed by atoms with Gasteiger partial charge in [0, 0.05) is 30.9 Å². The zero-order valence-corrected chi connectivity index (χ0v) is 16.6. The molecule has 6 nitrogen and oxygen atoms in total. The van der Waals surface area contributed by atoms with Gasteiger partial charge in [0.2, 0.25) is 5.96 Å². The molecule has 0 aromatic heterocycles. The lowest BCUT2D eigenvalue weighted by Gasteiger charge is -2.25. The number of carbonyl (C=O) groups is 1. The number of carbonyl (C=O) groups excluding carboxylic acids is 1. The first-order valence-electron chi connectivity index (χ1n) is 9.66. The molecule has 0 atom stereocenters. The smallest absolute Gasteiger partial charge is 0.257 e. The predicted molar refractivity (Wildman–Crippen MR) is 113 cm³/mol. The molecule has 0 aliphatic carbocycles. The first-order valence-corrected chi connectivity index (χ1v) is 9.66. The third-order valence-electron chi connectivity index (χ3n) is 4.58. The van der Waals surface area contributed by atoms with Crippen molar-refractivity contribution in [3.8, 4) is 0 Å². The maximum atomic E-state index is 12.7. The van der Waals surface area contributed by atoms with E-state index in [0.717, 1.165) is 49.7 Å². The summed E-state index contributed by atoms with van der Waals surface area (Å²) >= 11 is 0. The normalized spacial score (nSPS) is 15.3. The SMILES string of the molecule is Cc1cccc(NC(=NCCN2CCOCC2)NC(=O)c2cccc(C)c2)c1. The topological polar surface area (TPSA) is 66.0 Å². The van der Waals surface area contributed by atoms with E-state index in [-0.39, 0.29) is 5.91 Å². The molecule has 1 heterocycles. The number of ether oxygens (including phenoxy) is 1. The highest BCUT2D eigenvalue weighted by atomic mass is 16.5. The van der Waals surface area contributed by atoms with E-state index in [1.165, 1.54) is 0 Å². The average Bonchev–Trinajstić information content (AvgIpc) is 2.69. The number of amides is 1. The quantitative estimate of drug-likeness (QED) is 0.618. The fourth-order valence-corrected chi connectivity index (χ4v) is 3.06. The van der Waals surface area contributed by atoms with Crippen LogP contribution >= 0.6 is 0 Å². The number of guanidine groups is 1. The van der Waals surface area contributed by atoms with Crippen LogP contribution in [-0.2, 0) is 4.74 Å². The number of anilines is 1. The highest BCUT2D eigenvalue weighted by Crippen LogP contribution is 2.10. The van der Waals surface area contributed by atoms with Gasteiger partial charge in [-0.05, 0) is 43.7 Å². The Hall–Kier alpha value is -2.70. The van der Waals surface area contributed by atoms with Gasteiger partial charge in [-0.1, -0.05) is 29.8 Å². The van der Waals surface area contributed by atoms with Crippen molar-refractivity contribution in [2.75, 3.05) is 44.7 Å². The lowest BCUT2D eigenvalue weighted by Crippen LogP contribution is -2.39. The second kappa shape index (κ2) is 10.0. The van der Waals surface area contributed by atoms with E-state index in [0.29, 0.717) is 18.1 Å². The summed E-state index contributed by atoms with van der Waals surface area (Å²) in [4.78, 5) is 19.6. The van der Waals surface area contributed by atoms with E-state index in [1.807, 2.05) is 56.3 Å². The van der Waals surface area contributed by atoms with Gasteiger partial charge in [0.05, 0.1) is 19.8 Å². The lowest BCUT2D eigenvalue weighted by molar-refractivity contribution is 0.0394. The largest absolute Gasteiger partial charge is 0.379 e. The Kier molecular flexibility index (Phi) is 7.17. The van der Waals surface area contributed by atoms with Crippen LogP contribution in [0.3, 0.4) is 0 Å². The minimum absolute atomic E-state index is 0.172. The van der Waals surface area contributed by atoms with Crippen LogP contribution in [-0.4, -0.2) is 56.2 Å². The number of rotatable bonds is 5. The third kappa shape index (κ3) is 6.18. The summed E-state index contributed by atoms with van der Waals surface area (Å²) in [5, 5.41) is 6.17. The van der Waals surface area contributed by atoms with E-state index in [4.69, 9.17) is 4.74 Å². The van der Waals surface area contributed by atoms with Crippen LogP contribution in [0.4, 0.5) is 5.69 Å². The van der Waals surface area contributed by atoms with Crippen molar-refractivity contribution >= 4 is 17.6 Å². The summed E-state index contributed by atoms with van der Waals surface area (Å²) in [6.07, 6.45) is 0. The van der Waals surface area contributed by atoms with E-state index in [1.54, 1.807) is 6.07 Å². The van der Waals surface area contributed by atoms with Crippen LogP contribution in [0, 0.1) is 13.8 Å². The van der Waals surface area contributed by atoms with E-state index >= 15 is 0 Å². The maximum absolute atomic E-state index is 12.7. The summed E-state index contributed by atoms with van der Waals surface area (Å²) < 4.78 is 5.38. The Labute approximate surface area is 166 Å². The Morgan fingerprint density at radius 2 is 1.79 bits per heavy atom. The van der Waals surface area contributed by atoms with Gasteiger partial charge in [0.1, 0.15) is 0 Å². The Bertz CT molecular complexity index is 829. The van der Waals surface area contributed by atoms with Gasteiger partial charge >= 0.3 is 0 Å². The van der Waals surface area contributed by atoms with Gasteiger partial charge in [-0.15, -0.1) is 0 Å². The number of nitrogens with zero attached hydrogens (tertiary/aromatic N) is 2. The summed E-state index contributed by atoms with van der Waals surface area (Å²) in [5.74, 6) is 0.291. The molecule has 148 valence electrons. The second-order valence-corrected chi connectivity index (χ2v) is 7.00. The molecular formula is C22H28N4O2. The van der Waals surface area contributed by atoms with E-state index in [2.05, 4.69) is 20.5 Å². The monoisotopic (exact) mass is 380 g/mol. The fraction of sp³-hybridized carbons (Fsp3) is 0.364. The zero-order valence-electron chi connectivity index (χ0n) is 16.6. The Morgan fingerprint density at radius 3 is 2.50 bits per heavy atom. The van der Waals surface area contributed by atoms with Gasteiger partial charge < -0.3 is 10.1 Å². The summed E-state index contributed by atoms with van der Waals surface area (Å²) in [6.45, 7) is 8.82. The van der Waals surface area contributed by atoms with Crippen molar-refractivity contribution in [2.24, 2.45) is 4.99 Å². The van der Waals surface area contributed by atoms with Crippen molar-refractivity contribution in [2.45, 2.75) is 13.8 Å². The van der Waals surface area contributed by atoms with Crippen molar-refractivity contribution in [1.82, 2.24) is 10.2 Å². The second-order valence-electron chi connectivity index (χ2n) is 7.00. The van der Waals surface area contributed by atoms with Crippen molar-refractivity contribution < 1.29 is 9.53 Å². The molecule has 6 heteroatoms. The standard InChI is InChI=1S/C22H28N4O2/c1-17-5-3-7-19(15-17)21(27)25-22(24-20-8-4-6-18(2)16-20)23-9-10-26-11-13-28-14-12-26/h3-8,15-16H,9-14H2,1-2H3,(H2,23,24,25,27). The minimum Gasteiger partial charge on any atom is -0.379 e. The molecular weight excluding hydrogens is 352 g/mol. The first kappa shape index (κ1) is 20.0. The molecule has 0 unspecified atom stereocenters. The van der Waals surface area contributed by atoms with Crippen LogP contribution in [0.15, 0.2) is 53.5 Å². The molecule has 0 bridgehead atoms. The van der Waals surface area contributed by atoms with Gasteiger partial charge in [-0.3, -0.25) is 20.0 Å². The summed E-state index contributed by atoms with van der Waals surface area (Å²) in [7, 11) is 0. The summed E-state index contributed by atoms with van der Waals surface area (Å²) in [5.41, 5.74) is 3.70. The van der Waals surface area contributed by atoms with Crippen LogP contribution in [0.5, 0.6) is 0 Å². The van der Waals surface area contributed by atoms with Crippen LogP contribution < -0.4 is 10.6 Å². The highest BCUT2D eigenvalue weighted by molar-refractivity contribution is 6.10. The molecule has 1 amide bonds.